The van der Waals surface area contributed by atoms with Crippen LogP contribution in [0.1, 0.15) is 39.0 Å². The number of hydrogen-bond acceptors (Lipinski definition) is 3. The standard InChI is InChI=1S/C12H21N3O/c1-9(7-8-13)15(2)12(16)10-3-5-11(14)6-4-10/h9-11H,3-7,14H2,1-2H3. The summed E-state index contributed by atoms with van der Waals surface area (Å²) in [6, 6.07) is 2.38. The van der Waals surface area contributed by atoms with E-state index in [2.05, 4.69) is 6.07 Å². The van der Waals surface area contributed by atoms with Crippen molar-refractivity contribution >= 4 is 5.91 Å². The number of amides is 1. The molecule has 2 N–H and O–H groups in total. The number of nitrogens with zero attached hydrogens (tertiary/aromatic N) is 2. The van der Waals surface area contributed by atoms with E-state index in [9.17, 15) is 4.79 Å². The second kappa shape index (κ2) is 5.86. The van der Waals surface area contributed by atoms with Gasteiger partial charge in [-0.15, -0.1) is 0 Å². The van der Waals surface area contributed by atoms with E-state index in [0.29, 0.717) is 6.42 Å². The molecule has 0 aromatic carbocycles. The maximum Gasteiger partial charge on any atom is 0.225 e. The van der Waals surface area contributed by atoms with Crippen LogP contribution in [-0.2, 0) is 4.79 Å². The van der Waals surface area contributed by atoms with Gasteiger partial charge in [0.1, 0.15) is 0 Å². The zero-order valence-corrected chi connectivity index (χ0v) is 10.1. The van der Waals surface area contributed by atoms with Crippen LogP contribution in [0, 0.1) is 17.2 Å². The van der Waals surface area contributed by atoms with Crippen molar-refractivity contribution in [3.05, 3.63) is 0 Å². The van der Waals surface area contributed by atoms with E-state index in [0.717, 1.165) is 25.7 Å². The summed E-state index contributed by atoms with van der Waals surface area (Å²) in [5.74, 6) is 0.292. The SMILES string of the molecule is CC(CC#N)N(C)C(=O)C1CCC(N)CC1. The minimum atomic E-state index is 0.00750. The summed E-state index contributed by atoms with van der Waals surface area (Å²) in [7, 11) is 1.79. The Bertz CT molecular complexity index is 276. The molecule has 0 bridgehead atoms. The van der Waals surface area contributed by atoms with E-state index < -0.39 is 0 Å². The lowest BCUT2D eigenvalue weighted by Crippen LogP contribution is -2.41. The third-order valence-corrected chi connectivity index (χ3v) is 3.52. The van der Waals surface area contributed by atoms with E-state index in [1.165, 1.54) is 0 Å². The van der Waals surface area contributed by atoms with Gasteiger partial charge in [-0.05, 0) is 32.6 Å². The number of rotatable bonds is 3. The second-order valence-electron chi connectivity index (χ2n) is 4.77. The van der Waals surface area contributed by atoms with Crippen molar-refractivity contribution in [1.82, 2.24) is 4.90 Å². The Balaban J connectivity index is 2.48. The van der Waals surface area contributed by atoms with Crippen molar-refractivity contribution in [3.8, 4) is 6.07 Å². The van der Waals surface area contributed by atoms with Gasteiger partial charge in [-0.3, -0.25) is 4.79 Å². The van der Waals surface area contributed by atoms with Gasteiger partial charge in [0.15, 0.2) is 0 Å². The van der Waals surface area contributed by atoms with Crippen LogP contribution in [0.15, 0.2) is 0 Å². The van der Waals surface area contributed by atoms with Crippen LogP contribution in [0.25, 0.3) is 0 Å². The molecular weight excluding hydrogens is 202 g/mol. The third kappa shape index (κ3) is 3.21. The van der Waals surface area contributed by atoms with E-state index in [1.807, 2.05) is 6.92 Å². The largest absolute Gasteiger partial charge is 0.342 e. The molecule has 1 aliphatic carbocycles. The van der Waals surface area contributed by atoms with Gasteiger partial charge in [0.05, 0.1) is 12.5 Å². The number of hydrogen-bond donors (Lipinski definition) is 1. The highest BCUT2D eigenvalue weighted by Gasteiger charge is 2.28. The molecule has 90 valence electrons. The van der Waals surface area contributed by atoms with Gasteiger partial charge in [0, 0.05) is 25.0 Å². The summed E-state index contributed by atoms with van der Waals surface area (Å²) >= 11 is 0. The van der Waals surface area contributed by atoms with Crippen LogP contribution >= 0.6 is 0 Å². The Morgan fingerprint density at radius 1 is 1.50 bits per heavy atom. The van der Waals surface area contributed by atoms with Crippen LogP contribution in [0.5, 0.6) is 0 Å². The lowest BCUT2D eigenvalue weighted by Gasteiger charge is -2.31. The zero-order chi connectivity index (χ0) is 12.1. The second-order valence-corrected chi connectivity index (χ2v) is 4.77. The predicted octanol–water partition coefficient (Wildman–Crippen LogP) is 1.26. The van der Waals surface area contributed by atoms with Gasteiger partial charge in [-0.25, -0.2) is 0 Å². The molecule has 1 fully saturated rings. The molecule has 1 unspecified atom stereocenters. The Kier molecular flexibility index (Phi) is 4.75. The van der Waals surface area contributed by atoms with E-state index in [1.54, 1.807) is 11.9 Å². The highest BCUT2D eigenvalue weighted by molar-refractivity contribution is 5.79. The van der Waals surface area contributed by atoms with Crippen molar-refractivity contribution in [2.75, 3.05) is 7.05 Å². The molecular formula is C12H21N3O. The minimum absolute atomic E-state index is 0.00750. The Hall–Kier alpha value is -1.08. The molecule has 1 atom stereocenters. The molecule has 4 heteroatoms. The van der Waals surface area contributed by atoms with Gasteiger partial charge in [0.2, 0.25) is 5.91 Å². The van der Waals surface area contributed by atoms with Gasteiger partial charge in [0.25, 0.3) is 0 Å². The molecule has 0 aromatic rings. The van der Waals surface area contributed by atoms with Gasteiger partial charge < -0.3 is 10.6 Å². The van der Waals surface area contributed by atoms with Crippen LogP contribution in [0.3, 0.4) is 0 Å². The van der Waals surface area contributed by atoms with Gasteiger partial charge >= 0.3 is 0 Å². The van der Waals surface area contributed by atoms with Crippen molar-refractivity contribution < 1.29 is 4.79 Å². The fourth-order valence-corrected chi connectivity index (χ4v) is 2.14. The molecule has 0 radical (unpaired) electrons. The first-order chi connectivity index (χ1) is 7.56. The molecule has 0 spiro atoms. The van der Waals surface area contributed by atoms with E-state index in [-0.39, 0.29) is 23.9 Å². The molecule has 0 heterocycles. The first-order valence-electron chi connectivity index (χ1n) is 5.95. The Labute approximate surface area is 97.4 Å². The molecule has 1 saturated carbocycles. The fraction of sp³-hybridized carbons (Fsp3) is 0.833. The lowest BCUT2D eigenvalue weighted by molar-refractivity contribution is -0.137. The minimum Gasteiger partial charge on any atom is -0.342 e. The third-order valence-electron chi connectivity index (χ3n) is 3.52. The number of carbonyl (C=O) groups excluding carboxylic acids is 1. The van der Waals surface area contributed by atoms with E-state index in [4.69, 9.17) is 11.0 Å². The first kappa shape index (κ1) is 13.0. The van der Waals surface area contributed by atoms with Crippen molar-refractivity contribution in [2.24, 2.45) is 11.7 Å². The van der Waals surface area contributed by atoms with Crippen LogP contribution in [-0.4, -0.2) is 29.9 Å². The van der Waals surface area contributed by atoms with Crippen LogP contribution in [0.4, 0.5) is 0 Å². The number of nitriles is 1. The fourth-order valence-electron chi connectivity index (χ4n) is 2.14. The Morgan fingerprint density at radius 3 is 2.56 bits per heavy atom. The predicted molar refractivity (Wildman–Crippen MR) is 62.4 cm³/mol. The summed E-state index contributed by atoms with van der Waals surface area (Å²) in [4.78, 5) is 13.8. The summed E-state index contributed by atoms with van der Waals surface area (Å²) in [5.41, 5.74) is 5.81. The molecule has 1 aliphatic rings. The normalized spacial score (nSPS) is 26.9. The molecule has 0 aliphatic heterocycles. The van der Waals surface area contributed by atoms with Gasteiger partial charge in [-0.1, -0.05) is 0 Å². The van der Waals surface area contributed by atoms with Gasteiger partial charge in [-0.2, -0.15) is 5.26 Å². The molecule has 4 nitrogen and oxygen atoms in total. The number of nitrogens with two attached hydrogens (primary N) is 1. The molecule has 0 aromatic heterocycles. The van der Waals surface area contributed by atoms with Crippen molar-refractivity contribution in [2.45, 2.75) is 51.1 Å². The maximum absolute atomic E-state index is 12.1. The quantitative estimate of drug-likeness (QED) is 0.783. The summed E-state index contributed by atoms with van der Waals surface area (Å²) < 4.78 is 0. The monoisotopic (exact) mass is 223 g/mol. The average Bonchev–Trinajstić information content (AvgIpc) is 2.28. The molecule has 16 heavy (non-hydrogen) atoms. The average molecular weight is 223 g/mol. The first-order valence-corrected chi connectivity index (χ1v) is 5.95. The lowest BCUT2D eigenvalue weighted by atomic mass is 9.85. The topological polar surface area (TPSA) is 70.1 Å². The van der Waals surface area contributed by atoms with Crippen LogP contribution < -0.4 is 5.73 Å². The van der Waals surface area contributed by atoms with E-state index >= 15 is 0 Å². The smallest absolute Gasteiger partial charge is 0.225 e. The zero-order valence-electron chi connectivity index (χ0n) is 10.1. The molecule has 1 amide bonds. The Morgan fingerprint density at radius 2 is 2.06 bits per heavy atom. The van der Waals surface area contributed by atoms with Crippen molar-refractivity contribution in [3.63, 3.8) is 0 Å². The summed E-state index contributed by atoms with van der Waals surface area (Å²) in [5, 5.41) is 8.61. The molecule has 1 rings (SSSR count). The summed E-state index contributed by atoms with van der Waals surface area (Å²) in [6.07, 6.45) is 4.06. The highest BCUT2D eigenvalue weighted by atomic mass is 16.2. The molecule has 0 saturated heterocycles. The van der Waals surface area contributed by atoms with Crippen LogP contribution in [0.2, 0.25) is 0 Å². The van der Waals surface area contributed by atoms with Crippen molar-refractivity contribution in [1.29, 1.82) is 5.26 Å². The summed E-state index contributed by atoms with van der Waals surface area (Å²) in [6.45, 7) is 1.91. The maximum atomic E-state index is 12.1. The highest BCUT2D eigenvalue weighted by Crippen LogP contribution is 2.25. The number of carbonyl (C=O) groups is 1.